The first-order valence-electron chi connectivity index (χ1n) is 7.50. The summed E-state index contributed by atoms with van der Waals surface area (Å²) in [7, 11) is 0. The number of nitrogens with zero attached hydrogens (tertiary/aromatic N) is 1. The number of halogens is 1. The van der Waals surface area contributed by atoms with E-state index in [4.69, 9.17) is 4.74 Å². The Morgan fingerprint density at radius 2 is 2.00 bits per heavy atom. The maximum Gasteiger partial charge on any atom is 0.273 e. The number of aliphatic hydroxyl groups is 1. The molecular formula is C17H19FN2O4. The molecule has 0 amide bonds. The Labute approximate surface area is 139 Å². The molecule has 2 aromatic rings. The number of nitro groups is 1. The number of hydrogen-bond acceptors (Lipinski definition) is 5. The third-order valence-electron chi connectivity index (χ3n) is 3.50. The Kier molecular flexibility index (Phi) is 6.22. The molecule has 2 N–H and O–H groups in total. The van der Waals surface area contributed by atoms with E-state index in [1.165, 1.54) is 30.3 Å². The highest BCUT2D eigenvalue weighted by Gasteiger charge is 2.11. The molecule has 7 heteroatoms. The van der Waals surface area contributed by atoms with E-state index in [-0.39, 0.29) is 30.7 Å². The summed E-state index contributed by atoms with van der Waals surface area (Å²) in [4.78, 5) is 10.2. The zero-order valence-corrected chi connectivity index (χ0v) is 13.2. The molecule has 2 atom stereocenters. The largest absolute Gasteiger partial charge is 0.491 e. The topological polar surface area (TPSA) is 84.6 Å². The maximum absolute atomic E-state index is 12.9. The SMILES string of the molecule is C[C@@H](NC[C@@H](O)COc1cccc([N+](=O)[O-])c1)c1ccc(F)cc1. The van der Waals surface area contributed by atoms with Gasteiger partial charge in [-0.2, -0.15) is 0 Å². The second-order valence-corrected chi connectivity index (χ2v) is 5.40. The van der Waals surface area contributed by atoms with Gasteiger partial charge in [-0.15, -0.1) is 0 Å². The molecule has 6 nitrogen and oxygen atoms in total. The molecular weight excluding hydrogens is 315 g/mol. The Bertz CT molecular complexity index is 679. The average Bonchev–Trinajstić information content (AvgIpc) is 2.58. The van der Waals surface area contributed by atoms with Gasteiger partial charge in [-0.25, -0.2) is 4.39 Å². The minimum absolute atomic E-state index is 0.00427. The number of non-ortho nitro benzene ring substituents is 1. The summed E-state index contributed by atoms with van der Waals surface area (Å²) in [6.07, 6.45) is -0.785. The fourth-order valence-corrected chi connectivity index (χ4v) is 2.12. The summed E-state index contributed by atoms with van der Waals surface area (Å²) in [6.45, 7) is 2.18. The summed E-state index contributed by atoms with van der Waals surface area (Å²) in [5, 5.41) is 23.8. The van der Waals surface area contributed by atoms with Crippen molar-refractivity contribution in [1.29, 1.82) is 0 Å². The normalized spacial score (nSPS) is 13.3. The highest BCUT2D eigenvalue weighted by molar-refractivity contribution is 5.37. The van der Waals surface area contributed by atoms with Gasteiger partial charge in [0.25, 0.3) is 5.69 Å². The number of nitro benzene ring substituents is 1. The smallest absolute Gasteiger partial charge is 0.273 e. The predicted octanol–water partition coefficient (Wildman–Crippen LogP) is 2.82. The van der Waals surface area contributed by atoms with Gasteiger partial charge in [-0.3, -0.25) is 10.1 Å². The van der Waals surface area contributed by atoms with Crippen molar-refractivity contribution in [3.63, 3.8) is 0 Å². The zero-order chi connectivity index (χ0) is 17.5. The van der Waals surface area contributed by atoms with E-state index in [1.54, 1.807) is 18.2 Å². The van der Waals surface area contributed by atoms with E-state index in [0.29, 0.717) is 5.75 Å². The molecule has 0 saturated heterocycles. The van der Waals surface area contributed by atoms with Crippen LogP contribution in [0.2, 0.25) is 0 Å². The van der Waals surface area contributed by atoms with Crippen molar-refractivity contribution in [2.75, 3.05) is 13.2 Å². The summed E-state index contributed by atoms with van der Waals surface area (Å²) in [5.74, 6) is 0.0335. The quantitative estimate of drug-likeness (QED) is 0.573. The van der Waals surface area contributed by atoms with Crippen molar-refractivity contribution >= 4 is 5.69 Å². The highest BCUT2D eigenvalue weighted by Crippen LogP contribution is 2.19. The number of hydrogen-bond donors (Lipinski definition) is 2. The molecule has 2 rings (SSSR count). The van der Waals surface area contributed by atoms with Crippen LogP contribution < -0.4 is 10.1 Å². The first-order chi connectivity index (χ1) is 11.5. The van der Waals surface area contributed by atoms with E-state index < -0.39 is 11.0 Å². The fourth-order valence-electron chi connectivity index (χ4n) is 2.12. The van der Waals surface area contributed by atoms with Crippen LogP contribution >= 0.6 is 0 Å². The van der Waals surface area contributed by atoms with Crippen LogP contribution in [0.3, 0.4) is 0 Å². The van der Waals surface area contributed by atoms with E-state index >= 15 is 0 Å². The van der Waals surface area contributed by atoms with E-state index in [9.17, 15) is 19.6 Å². The molecule has 2 aromatic carbocycles. The molecule has 24 heavy (non-hydrogen) atoms. The Morgan fingerprint density at radius 3 is 2.67 bits per heavy atom. The maximum atomic E-state index is 12.9. The average molecular weight is 334 g/mol. The molecule has 128 valence electrons. The van der Waals surface area contributed by atoms with Gasteiger partial charge in [0.15, 0.2) is 0 Å². The minimum Gasteiger partial charge on any atom is -0.491 e. The third kappa shape index (κ3) is 5.29. The molecule has 0 spiro atoms. The molecule has 0 aromatic heterocycles. The Hall–Kier alpha value is -2.51. The van der Waals surface area contributed by atoms with Crippen molar-refractivity contribution in [3.05, 3.63) is 70.0 Å². The van der Waals surface area contributed by atoms with Gasteiger partial charge < -0.3 is 15.2 Å². The lowest BCUT2D eigenvalue weighted by Gasteiger charge is -2.18. The molecule has 0 bridgehead atoms. The standard InChI is InChI=1S/C17H19FN2O4/c1-12(13-5-7-14(18)8-6-13)19-10-16(21)11-24-17-4-2-3-15(9-17)20(22)23/h2-9,12,16,19,21H,10-11H2,1H3/t12-,16-/m1/s1. The number of nitrogens with one attached hydrogen (secondary N) is 1. The third-order valence-corrected chi connectivity index (χ3v) is 3.50. The first kappa shape index (κ1) is 17.8. The van der Waals surface area contributed by atoms with Crippen LogP contribution in [-0.2, 0) is 0 Å². The molecule has 0 aliphatic carbocycles. The van der Waals surface area contributed by atoms with Crippen LogP contribution in [0.1, 0.15) is 18.5 Å². The van der Waals surface area contributed by atoms with Crippen molar-refractivity contribution in [2.45, 2.75) is 19.1 Å². The van der Waals surface area contributed by atoms with Crippen molar-refractivity contribution in [2.24, 2.45) is 0 Å². The first-order valence-corrected chi connectivity index (χ1v) is 7.50. The van der Waals surface area contributed by atoms with Gasteiger partial charge in [0.1, 0.15) is 24.3 Å². The second kappa shape index (κ2) is 8.37. The van der Waals surface area contributed by atoms with Gasteiger partial charge in [-0.1, -0.05) is 18.2 Å². The van der Waals surface area contributed by atoms with Gasteiger partial charge in [-0.05, 0) is 30.7 Å². The van der Waals surface area contributed by atoms with Crippen molar-refractivity contribution in [3.8, 4) is 5.75 Å². The number of ether oxygens (including phenoxy) is 1. The number of benzene rings is 2. The van der Waals surface area contributed by atoms with Gasteiger partial charge in [0.05, 0.1) is 11.0 Å². The van der Waals surface area contributed by atoms with Crippen LogP contribution in [0.25, 0.3) is 0 Å². The van der Waals surface area contributed by atoms with Crippen molar-refractivity contribution < 1.29 is 19.2 Å². The van der Waals surface area contributed by atoms with Crippen molar-refractivity contribution in [1.82, 2.24) is 5.32 Å². The Balaban J connectivity index is 1.79. The molecule has 0 heterocycles. The summed E-state index contributed by atoms with van der Waals surface area (Å²) < 4.78 is 18.3. The molecule has 0 fully saturated rings. The van der Waals surface area contributed by atoms with Gasteiger partial charge >= 0.3 is 0 Å². The summed E-state index contributed by atoms with van der Waals surface area (Å²) in [6, 6.07) is 11.9. The molecule has 0 radical (unpaired) electrons. The molecule has 0 saturated carbocycles. The monoisotopic (exact) mass is 334 g/mol. The summed E-state index contributed by atoms with van der Waals surface area (Å²) in [5.41, 5.74) is 0.841. The predicted molar refractivity (Wildman–Crippen MR) is 87.4 cm³/mol. The fraction of sp³-hybridized carbons (Fsp3) is 0.294. The van der Waals surface area contributed by atoms with Gasteiger partial charge in [0.2, 0.25) is 0 Å². The summed E-state index contributed by atoms with van der Waals surface area (Å²) >= 11 is 0. The number of aliphatic hydroxyl groups excluding tert-OH is 1. The van der Waals surface area contributed by atoms with Crippen LogP contribution in [0.5, 0.6) is 5.75 Å². The van der Waals surface area contributed by atoms with E-state index in [0.717, 1.165) is 5.56 Å². The van der Waals surface area contributed by atoms with Crippen LogP contribution in [0.15, 0.2) is 48.5 Å². The van der Waals surface area contributed by atoms with Crippen LogP contribution in [-0.4, -0.2) is 29.3 Å². The Morgan fingerprint density at radius 1 is 1.29 bits per heavy atom. The minimum atomic E-state index is -0.785. The molecule has 0 aliphatic rings. The van der Waals surface area contributed by atoms with Crippen LogP contribution in [0, 0.1) is 15.9 Å². The number of rotatable bonds is 8. The lowest BCUT2D eigenvalue weighted by atomic mass is 10.1. The zero-order valence-electron chi connectivity index (χ0n) is 13.2. The molecule has 0 unspecified atom stereocenters. The van der Waals surface area contributed by atoms with Crippen LogP contribution in [0.4, 0.5) is 10.1 Å². The van der Waals surface area contributed by atoms with E-state index in [1.807, 2.05) is 6.92 Å². The molecule has 0 aliphatic heterocycles. The van der Waals surface area contributed by atoms with Gasteiger partial charge in [0, 0.05) is 18.7 Å². The highest BCUT2D eigenvalue weighted by atomic mass is 19.1. The lowest BCUT2D eigenvalue weighted by molar-refractivity contribution is -0.384. The lowest BCUT2D eigenvalue weighted by Crippen LogP contribution is -2.33. The van der Waals surface area contributed by atoms with E-state index in [2.05, 4.69) is 5.32 Å². The second-order valence-electron chi connectivity index (χ2n) is 5.40.